The number of nitrogens with two attached hydrogens (primary N) is 1. The summed E-state index contributed by atoms with van der Waals surface area (Å²) < 4.78 is 6.90. The molecule has 0 aliphatic carbocycles. The number of amidine groups is 1. The van der Waals surface area contributed by atoms with Crippen LogP contribution in [0.2, 0.25) is 0 Å². The van der Waals surface area contributed by atoms with Crippen molar-refractivity contribution in [1.82, 2.24) is 14.7 Å². The van der Waals surface area contributed by atoms with Crippen LogP contribution in [0.3, 0.4) is 0 Å². The highest BCUT2D eigenvalue weighted by Crippen LogP contribution is 2.01. The number of nitrogens with one attached hydrogen (secondary N) is 1. The molecule has 0 aromatic carbocycles. The number of aryl methyl sites for hydroxylation is 1. The molecule has 0 fully saturated rings. The van der Waals surface area contributed by atoms with Gasteiger partial charge in [-0.25, -0.2) is 0 Å². The summed E-state index contributed by atoms with van der Waals surface area (Å²) >= 11 is 0. The average Bonchev–Trinajstić information content (AvgIpc) is 2.74. The molecular weight excluding hydrogens is 230 g/mol. The van der Waals surface area contributed by atoms with E-state index in [0.717, 1.165) is 26.1 Å². The summed E-state index contributed by atoms with van der Waals surface area (Å²) in [6.45, 7) is 3.30. The van der Waals surface area contributed by atoms with Gasteiger partial charge in [-0.1, -0.05) is 0 Å². The van der Waals surface area contributed by atoms with E-state index in [-0.39, 0.29) is 5.84 Å². The molecule has 0 atom stereocenters. The van der Waals surface area contributed by atoms with Crippen LogP contribution in [0.1, 0.15) is 12.0 Å². The molecule has 0 aliphatic rings. The first-order valence-electron chi connectivity index (χ1n) is 6.13. The Morgan fingerprint density at radius 2 is 2.28 bits per heavy atom. The van der Waals surface area contributed by atoms with Gasteiger partial charge in [0.2, 0.25) is 0 Å². The van der Waals surface area contributed by atoms with Crippen molar-refractivity contribution in [1.29, 1.82) is 5.41 Å². The normalized spacial score (nSPS) is 11.1. The number of rotatable bonds is 9. The van der Waals surface area contributed by atoms with Crippen molar-refractivity contribution in [2.24, 2.45) is 12.8 Å². The van der Waals surface area contributed by atoms with Crippen molar-refractivity contribution in [2.45, 2.75) is 12.8 Å². The summed E-state index contributed by atoms with van der Waals surface area (Å²) in [4.78, 5) is 2.26. The first kappa shape index (κ1) is 14.7. The molecule has 1 rings (SSSR count). The Hall–Kier alpha value is -1.40. The highest BCUT2D eigenvalue weighted by Gasteiger charge is 2.06. The molecule has 18 heavy (non-hydrogen) atoms. The molecule has 0 spiro atoms. The van der Waals surface area contributed by atoms with E-state index in [1.54, 1.807) is 7.11 Å². The van der Waals surface area contributed by atoms with E-state index >= 15 is 0 Å². The van der Waals surface area contributed by atoms with Gasteiger partial charge in [0.1, 0.15) is 0 Å². The quantitative estimate of drug-likeness (QED) is 0.488. The van der Waals surface area contributed by atoms with Gasteiger partial charge in [0, 0.05) is 46.4 Å². The molecule has 6 nitrogen and oxygen atoms in total. The summed E-state index contributed by atoms with van der Waals surface area (Å²) in [6, 6.07) is 0. The number of nitrogens with zero attached hydrogens (tertiary/aromatic N) is 3. The van der Waals surface area contributed by atoms with Gasteiger partial charge in [-0.15, -0.1) is 0 Å². The van der Waals surface area contributed by atoms with Gasteiger partial charge in [0.15, 0.2) is 0 Å². The van der Waals surface area contributed by atoms with E-state index in [4.69, 9.17) is 15.9 Å². The predicted molar refractivity (Wildman–Crippen MR) is 71.8 cm³/mol. The zero-order valence-corrected chi connectivity index (χ0v) is 11.2. The number of methoxy groups -OCH3 is 1. The molecule has 0 radical (unpaired) electrons. The summed E-state index contributed by atoms with van der Waals surface area (Å²) in [6.07, 6.45) is 5.48. The first-order chi connectivity index (χ1) is 8.61. The predicted octanol–water partition coefficient (Wildman–Crippen LogP) is 0.237. The van der Waals surface area contributed by atoms with E-state index in [1.165, 1.54) is 5.56 Å². The van der Waals surface area contributed by atoms with Crippen molar-refractivity contribution in [3.63, 3.8) is 0 Å². The molecule has 0 unspecified atom stereocenters. The molecule has 0 saturated heterocycles. The second-order valence-corrected chi connectivity index (χ2v) is 4.38. The summed E-state index contributed by atoms with van der Waals surface area (Å²) in [5.74, 6) is 0.235. The average molecular weight is 253 g/mol. The fraction of sp³-hybridized carbons (Fsp3) is 0.667. The Morgan fingerprint density at radius 3 is 2.83 bits per heavy atom. The van der Waals surface area contributed by atoms with E-state index in [1.807, 2.05) is 24.1 Å². The number of hydrogen-bond acceptors (Lipinski definition) is 4. The Bertz CT molecular complexity index is 363. The lowest BCUT2D eigenvalue weighted by molar-refractivity contribution is 0.150. The molecule has 6 heteroatoms. The Balaban J connectivity index is 2.36. The number of aromatic nitrogens is 2. The van der Waals surface area contributed by atoms with Gasteiger partial charge in [0.25, 0.3) is 0 Å². The van der Waals surface area contributed by atoms with Gasteiger partial charge in [-0.05, 0) is 12.0 Å². The molecular formula is C12H23N5O. The third-order valence-corrected chi connectivity index (χ3v) is 2.78. The van der Waals surface area contributed by atoms with Crippen molar-refractivity contribution >= 4 is 5.84 Å². The molecule has 1 aromatic heterocycles. The highest BCUT2D eigenvalue weighted by molar-refractivity contribution is 5.76. The maximum atomic E-state index is 7.27. The van der Waals surface area contributed by atoms with Gasteiger partial charge >= 0.3 is 0 Å². The van der Waals surface area contributed by atoms with Crippen molar-refractivity contribution in [3.05, 3.63) is 18.0 Å². The van der Waals surface area contributed by atoms with Crippen molar-refractivity contribution < 1.29 is 4.74 Å². The van der Waals surface area contributed by atoms with Crippen LogP contribution in [-0.2, 0) is 18.2 Å². The molecule has 102 valence electrons. The third-order valence-electron chi connectivity index (χ3n) is 2.78. The van der Waals surface area contributed by atoms with Crippen LogP contribution in [0.15, 0.2) is 12.4 Å². The fourth-order valence-electron chi connectivity index (χ4n) is 1.72. The van der Waals surface area contributed by atoms with Gasteiger partial charge in [-0.2, -0.15) is 5.10 Å². The Morgan fingerprint density at radius 1 is 1.50 bits per heavy atom. The lowest BCUT2D eigenvalue weighted by Crippen LogP contribution is -2.32. The second kappa shape index (κ2) is 7.84. The lowest BCUT2D eigenvalue weighted by atomic mass is 10.2. The van der Waals surface area contributed by atoms with Crippen LogP contribution < -0.4 is 5.73 Å². The highest BCUT2D eigenvalue weighted by atomic mass is 16.5. The minimum Gasteiger partial charge on any atom is -0.388 e. The monoisotopic (exact) mass is 253 g/mol. The number of ether oxygens (including phenoxy) is 1. The van der Waals surface area contributed by atoms with Crippen LogP contribution in [0.25, 0.3) is 0 Å². The summed E-state index contributed by atoms with van der Waals surface area (Å²) in [5.41, 5.74) is 6.62. The van der Waals surface area contributed by atoms with Crippen molar-refractivity contribution in [3.8, 4) is 0 Å². The third kappa shape index (κ3) is 5.79. The van der Waals surface area contributed by atoms with Gasteiger partial charge in [-0.3, -0.25) is 10.1 Å². The fourth-order valence-corrected chi connectivity index (χ4v) is 1.72. The maximum absolute atomic E-state index is 7.27. The zero-order chi connectivity index (χ0) is 13.4. The molecule has 1 aromatic rings. The topological polar surface area (TPSA) is 80.2 Å². The molecule has 0 bridgehead atoms. The molecule has 3 N–H and O–H groups in total. The van der Waals surface area contributed by atoms with Crippen LogP contribution in [0.4, 0.5) is 0 Å². The largest absolute Gasteiger partial charge is 0.388 e. The van der Waals surface area contributed by atoms with E-state index in [0.29, 0.717) is 13.0 Å². The molecule has 0 amide bonds. The van der Waals surface area contributed by atoms with Crippen LogP contribution in [0, 0.1) is 5.41 Å². The standard InChI is InChI=1S/C12H23N5O/c1-16-10-11(9-15-16)3-5-17(7-8-18-2)6-4-12(13)14/h9-10H,3-8H2,1-2H3,(H3,13,14). The first-order valence-corrected chi connectivity index (χ1v) is 6.13. The van der Waals surface area contributed by atoms with Crippen LogP contribution in [0.5, 0.6) is 0 Å². The maximum Gasteiger partial charge on any atom is 0.0918 e. The van der Waals surface area contributed by atoms with Crippen molar-refractivity contribution in [2.75, 3.05) is 33.4 Å². The Labute approximate surface area is 108 Å². The lowest BCUT2D eigenvalue weighted by Gasteiger charge is -2.21. The zero-order valence-electron chi connectivity index (χ0n) is 11.2. The SMILES string of the molecule is COCCN(CCC(=N)N)CCc1cnn(C)c1. The second-order valence-electron chi connectivity index (χ2n) is 4.38. The Kier molecular flexibility index (Phi) is 6.38. The van der Waals surface area contributed by atoms with Gasteiger partial charge in [0.05, 0.1) is 18.6 Å². The summed E-state index contributed by atoms with van der Waals surface area (Å²) in [5, 5.41) is 11.4. The minimum absolute atomic E-state index is 0.235. The number of hydrogen-bond donors (Lipinski definition) is 2. The smallest absolute Gasteiger partial charge is 0.0918 e. The van der Waals surface area contributed by atoms with Crippen LogP contribution in [-0.4, -0.2) is 53.9 Å². The van der Waals surface area contributed by atoms with E-state index in [9.17, 15) is 0 Å². The van der Waals surface area contributed by atoms with Crippen LogP contribution >= 0.6 is 0 Å². The molecule has 1 heterocycles. The summed E-state index contributed by atoms with van der Waals surface area (Å²) in [7, 11) is 3.62. The molecule has 0 aliphatic heterocycles. The van der Waals surface area contributed by atoms with E-state index < -0.39 is 0 Å². The molecule has 0 saturated carbocycles. The van der Waals surface area contributed by atoms with E-state index in [2.05, 4.69) is 10.00 Å². The van der Waals surface area contributed by atoms with Gasteiger partial charge < -0.3 is 15.4 Å². The minimum atomic E-state index is 0.235.